The molecule has 1 N–H and O–H groups in total. The Kier molecular flexibility index (Phi) is 4.99. The summed E-state index contributed by atoms with van der Waals surface area (Å²) in [6.45, 7) is 6.09. The van der Waals surface area contributed by atoms with Crippen LogP contribution in [0, 0.1) is 31.6 Å². The van der Waals surface area contributed by atoms with Crippen LogP contribution < -0.4 is 10.2 Å². The minimum absolute atomic E-state index is 0.126. The third-order valence-corrected chi connectivity index (χ3v) is 6.41. The van der Waals surface area contributed by atoms with Gasteiger partial charge < -0.3 is 5.32 Å². The van der Waals surface area contributed by atoms with Crippen LogP contribution in [0.2, 0.25) is 0 Å². The summed E-state index contributed by atoms with van der Waals surface area (Å²) >= 11 is 0. The Bertz CT molecular complexity index is 997. The number of benzene rings is 2. The fourth-order valence-corrected chi connectivity index (χ4v) is 4.51. The highest BCUT2D eigenvalue weighted by molar-refractivity contribution is 6.22. The number of rotatable bonds is 3. The molecule has 2 aromatic rings. The smallest absolute Gasteiger partial charge is 0.255 e. The van der Waals surface area contributed by atoms with Gasteiger partial charge in [-0.3, -0.25) is 19.3 Å². The normalized spacial score (nSPS) is 23.8. The monoisotopic (exact) mass is 390 g/mol. The molecule has 0 aromatic heterocycles. The van der Waals surface area contributed by atoms with Crippen molar-refractivity contribution in [1.82, 2.24) is 0 Å². The van der Waals surface area contributed by atoms with Crippen molar-refractivity contribution in [3.05, 3.63) is 59.2 Å². The zero-order chi connectivity index (χ0) is 20.7. The molecular weight excluding hydrogens is 364 g/mol. The Labute approximate surface area is 171 Å². The summed E-state index contributed by atoms with van der Waals surface area (Å²) in [5.74, 6) is -0.490. The first-order valence-corrected chi connectivity index (χ1v) is 10.2. The van der Waals surface area contributed by atoms with Gasteiger partial charge in [0, 0.05) is 11.3 Å². The van der Waals surface area contributed by atoms with Gasteiger partial charge in [0.15, 0.2) is 0 Å². The fraction of sp³-hybridized carbons (Fsp3) is 0.375. The van der Waals surface area contributed by atoms with E-state index in [9.17, 15) is 14.4 Å². The number of aryl methyl sites for hydroxylation is 1. The van der Waals surface area contributed by atoms with E-state index in [0.717, 1.165) is 36.1 Å². The third-order valence-electron chi connectivity index (χ3n) is 6.41. The molecule has 29 heavy (non-hydrogen) atoms. The second kappa shape index (κ2) is 7.47. The van der Waals surface area contributed by atoms with Crippen LogP contribution in [-0.4, -0.2) is 17.7 Å². The van der Waals surface area contributed by atoms with E-state index in [1.54, 1.807) is 24.3 Å². The van der Waals surface area contributed by atoms with Crippen LogP contribution in [0.25, 0.3) is 0 Å². The first-order chi connectivity index (χ1) is 13.9. The molecule has 0 spiro atoms. The zero-order valence-corrected chi connectivity index (χ0v) is 17.1. The van der Waals surface area contributed by atoms with Crippen LogP contribution in [0.15, 0.2) is 42.5 Å². The Morgan fingerprint density at radius 1 is 1.00 bits per heavy atom. The second-order valence-electron chi connectivity index (χ2n) is 8.40. The van der Waals surface area contributed by atoms with E-state index in [1.165, 1.54) is 4.90 Å². The lowest BCUT2D eigenvalue weighted by molar-refractivity contribution is -0.122. The molecule has 5 nitrogen and oxygen atoms in total. The quantitative estimate of drug-likeness (QED) is 0.786. The third kappa shape index (κ3) is 3.46. The minimum atomic E-state index is -0.259. The molecule has 3 atom stereocenters. The van der Waals surface area contributed by atoms with Crippen molar-refractivity contribution in [2.45, 2.75) is 40.0 Å². The van der Waals surface area contributed by atoms with Crippen LogP contribution in [0.1, 0.15) is 47.7 Å². The van der Waals surface area contributed by atoms with E-state index in [2.05, 4.69) is 12.2 Å². The molecule has 1 heterocycles. The van der Waals surface area contributed by atoms with Gasteiger partial charge in [-0.05, 0) is 74.4 Å². The summed E-state index contributed by atoms with van der Waals surface area (Å²) in [5.41, 5.74) is 3.78. The van der Waals surface area contributed by atoms with Crippen molar-refractivity contribution in [2.24, 2.45) is 17.8 Å². The van der Waals surface area contributed by atoms with Gasteiger partial charge in [0.25, 0.3) is 5.91 Å². The van der Waals surface area contributed by atoms with Crippen molar-refractivity contribution in [3.8, 4) is 0 Å². The van der Waals surface area contributed by atoms with E-state index in [1.807, 2.05) is 32.0 Å². The molecule has 2 fully saturated rings. The molecule has 1 aliphatic heterocycles. The molecule has 1 saturated heterocycles. The zero-order valence-electron chi connectivity index (χ0n) is 17.1. The highest BCUT2D eigenvalue weighted by Gasteiger charge is 2.50. The topological polar surface area (TPSA) is 66.5 Å². The molecule has 0 bridgehead atoms. The number of anilines is 2. The fourth-order valence-electron chi connectivity index (χ4n) is 4.51. The SMILES string of the molecule is Cc1cccc(NC(=O)c2cccc(N3C(=O)[C@@H]4CC[C@@H](C)C[C@H]4C3=O)c2)c1C. The molecule has 3 amide bonds. The van der Waals surface area contributed by atoms with Crippen molar-refractivity contribution in [2.75, 3.05) is 10.2 Å². The average molecular weight is 390 g/mol. The highest BCUT2D eigenvalue weighted by atomic mass is 16.2. The number of amides is 3. The molecule has 1 aliphatic carbocycles. The summed E-state index contributed by atoms with van der Waals surface area (Å²) in [4.78, 5) is 40.0. The Hall–Kier alpha value is -2.95. The van der Waals surface area contributed by atoms with Crippen LogP contribution in [0.4, 0.5) is 11.4 Å². The van der Waals surface area contributed by atoms with E-state index in [-0.39, 0.29) is 29.6 Å². The largest absolute Gasteiger partial charge is 0.322 e. The van der Waals surface area contributed by atoms with Crippen molar-refractivity contribution >= 4 is 29.1 Å². The number of fused-ring (bicyclic) bond motifs is 1. The molecule has 4 rings (SSSR count). The van der Waals surface area contributed by atoms with Crippen molar-refractivity contribution in [1.29, 1.82) is 0 Å². The van der Waals surface area contributed by atoms with Gasteiger partial charge >= 0.3 is 0 Å². The summed E-state index contributed by atoms with van der Waals surface area (Å²) in [6.07, 6.45) is 2.50. The molecule has 150 valence electrons. The molecule has 0 unspecified atom stereocenters. The molecule has 2 aromatic carbocycles. The van der Waals surface area contributed by atoms with Gasteiger partial charge in [-0.1, -0.05) is 25.1 Å². The predicted octanol–water partition coefficient (Wildman–Crippen LogP) is 4.48. The predicted molar refractivity (Wildman–Crippen MR) is 113 cm³/mol. The highest BCUT2D eigenvalue weighted by Crippen LogP contribution is 2.42. The summed E-state index contributed by atoms with van der Waals surface area (Å²) in [7, 11) is 0. The van der Waals surface area contributed by atoms with Crippen LogP contribution in [0.3, 0.4) is 0 Å². The van der Waals surface area contributed by atoms with Crippen LogP contribution in [0.5, 0.6) is 0 Å². The Morgan fingerprint density at radius 3 is 2.52 bits per heavy atom. The van der Waals surface area contributed by atoms with E-state index >= 15 is 0 Å². The Balaban J connectivity index is 1.59. The number of nitrogens with one attached hydrogen (secondary N) is 1. The van der Waals surface area contributed by atoms with E-state index in [4.69, 9.17) is 0 Å². The van der Waals surface area contributed by atoms with Crippen LogP contribution in [-0.2, 0) is 9.59 Å². The average Bonchev–Trinajstić information content (AvgIpc) is 2.95. The molecule has 5 heteroatoms. The molecular formula is C24H26N2O3. The molecule has 2 aliphatic rings. The first kappa shape index (κ1) is 19.4. The molecule has 1 saturated carbocycles. The summed E-state index contributed by atoms with van der Waals surface area (Å²) < 4.78 is 0. The van der Waals surface area contributed by atoms with Gasteiger partial charge in [0.2, 0.25) is 11.8 Å². The van der Waals surface area contributed by atoms with Crippen LogP contribution >= 0.6 is 0 Å². The van der Waals surface area contributed by atoms with Gasteiger partial charge in [-0.25, -0.2) is 0 Å². The number of nitrogens with zero attached hydrogens (tertiary/aromatic N) is 1. The standard InChI is InChI=1S/C24H26N2O3/c1-14-10-11-19-20(12-14)24(29)26(23(19)28)18-8-5-7-17(13-18)22(27)25-21-9-4-6-15(2)16(21)3/h4-9,13-14,19-20H,10-12H2,1-3H3,(H,25,27)/t14-,19-,20-/m1/s1. The van der Waals surface area contributed by atoms with E-state index < -0.39 is 0 Å². The van der Waals surface area contributed by atoms with Gasteiger partial charge in [0.1, 0.15) is 0 Å². The lowest BCUT2D eigenvalue weighted by Crippen LogP contribution is -2.31. The first-order valence-electron chi connectivity index (χ1n) is 10.2. The van der Waals surface area contributed by atoms with Crippen molar-refractivity contribution in [3.63, 3.8) is 0 Å². The number of hydrogen-bond acceptors (Lipinski definition) is 3. The number of carbonyl (C=O) groups is 3. The Morgan fingerprint density at radius 2 is 1.72 bits per heavy atom. The van der Waals surface area contributed by atoms with E-state index in [0.29, 0.717) is 17.2 Å². The van der Waals surface area contributed by atoms with Gasteiger partial charge in [0.05, 0.1) is 17.5 Å². The maximum Gasteiger partial charge on any atom is 0.255 e. The minimum Gasteiger partial charge on any atom is -0.322 e. The maximum absolute atomic E-state index is 13.0. The second-order valence-corrected chi connectivity index (χ2v) is 8.40. The summed E-state index contributed by atoms with van der Waals surface area (Å²) in [6, 6.07) is 12.5. The lowest BCUT2D eigenvalue weighted by atomic mass is 9.76. The van der Waals surface area contributed by atoms with Gasteiger partial charge in [-0.2, -0.15) is 0 Å². The number of carbonyl (C=O) groups excluding carboxylic acids is 3. The summed E-state index contributed by atoms with van der Waals surface area (Å²) in [5, 5.41) is 2.94. The lowest BCUT2D eigenvalue weighted by Gasteiger charge is -2.25. The maximum atomic E-state index is 13.0. The van der Waals surface area contributed by atoms with Crippen molar-refractivity contribution < 1.29 is 14.4 Å². The number of imide groups is 1. The van der Waals surface area contributed by atoms with Gasteiger partial charge in [-0.15, -0.1) is 0 Å². The molecule has 0 radical (unpaired) electrons. The number of hydrogen-bond donors (Lipinski definition) is 1.